The molecule has 0 radical (unpaired) electrons. The van der Waals surface area contributed by atoms with Crippen molar-refractivity contribution in [2.45, 2.75) is 37.2 Å². The number of benzene rings is 3. The van der Waals surface area contributed by atoms with Crippen LogP contribution in [0.25, 0.3) is 0 Å². The first-order valence-corrected chi connectivity index (χ1v) is 12.8. The van der Waals surface area contributed by atoms with Crippen molar-refractivity contribution in [3.8, 4) is 0 Å². The Morgan fingerprint density at radius 3 is 2.25 bits per heavy atom. The van der Waals surface area contributed by atoms with E-state index in [1.807, 2.05) is 37.3 Å². The highest BCUT2D eigenvalue weighted by molar-refractivity contribution is 7.89. The maximum atomic E-state index is 13.7. The average Bonchev–Trinajstić information content (AvgIpc) is 2.87. The molecule has 0 aliphatic rings. The molecule has 0 unspecified atom stereocenters. The van der Waals surface area contributed by atoms with Gasteiger partial charge in [-0.3, -0.25) is 14.9 Å². The molecule has 0 aliphatic heterocycles. The number of anilines is 1. The third-order valence-corrected chi connectivity index (χ3v) is 7.74. The Morgan fingerprint density at radius 2 is 1.64 bits per heavy atom. The van der Waals surface area contributed by atoms with E-state index in [0.29, 0.717) is 6.42 Å². The summed E-state index contributed by atoms with van der Waals surface area (Å²) in [5, 5.41) is 14.7. The van der Waals surface area contributed by atoms with Gasteiger partial charge >= 0.3 is 5.97 Å². The molecule has 190 valence electrons. The largest absolute Gasteiger partial charge is 0.468 e. The summed E-state index contributed by atoms with van der Waals surface area (Å²) in [4.78, 5) is 23.6. The lowest BCUT2D eigenvalue weighted by atomic mass is 10.0. The van der Waals surface area contributed by atoms with Gasteiger partial charge in [0.05, 0.1) is 16.9 Å². The summed E-state index contributed by atoms with van der Waals surface area (Å²) in [7, 11) is -2.92. The molecule has 9 nitrogen and oxygen atoms in total. The maximum absolute atomic E-state index is 13.7. The second-order valence-corrected chi connectivity index (χ2v) is 10.3. The highest BCUT2D eigenvalue weighted by Crippen LogP contribution is 2.26. The van der Waals surface area contributed by atoms with Gasteiger partial charge < -0.3 is 10.1 Å². The van der Waals surface area contributed by atoms with E-state index in [9.17, 15) is 23.3 Å². The number of hydrogen-bond acceptors (Lipinski definition) is 7. The Balaban J connectivity index is 2.04. The van der Waals surface area contributed by atoms with Crippen molar-refractivity contribution in [1.82, 2.24) is 4.31 Å². The fraction of sp³-hybridized carbons (Fsp3) is 0.269. The third-order valence-electron chi connectivity index (χ3n) is 5.79. The summed E-state index contributed by atoms with van der Waals surface area (Å²) < 4.78 is 33.3. The molecular weight excluding hydrogens is 482 g/mol. The number of ether oxygens (including phenoxy) is 1. The molecule has 3 rings (SSSR count). The predicted octanol–water partition coefficient (Wildman–Crippen LogP) is 4.18. The number of methoxy groups -OCH3 is 1. The van der Waals surface area contributed by atoms with Crippen LogP contribution in [-0.4, -0.2) is 49.4 Å². The Bertz CT molecular complexity index is 1300. The maximum Gasteiger partial charge on any atom is 0.323 e. The minimum atomic E-state index is -4.12. The fourth-order valence-electron chi connectivity index (χ4n) is 3.85. The molecule has 1 N–H and O–H groups in total. The lowest BCUT2D eigenvalue weighted by molar-refractivity contribution is -0.384. The van der Waals surface area contributed by atoms with Crippen molar-refractivity contribution in [2.24, 2.45) is 0 Å². The topological polar surface area (TPSA) is 119 Å². The minimum Gasteiger partial charge on any atom is -0.468 e. The van der Waals surface area contributed by atoms with Crippen LogP contribution in [0.1, 0.15) is 18.1 Å². The lowest BCUT2D eigenvalue weighted by Crippen LogP contribution is -2.49. The molecule has 36 heavy (non-hydrogen) atoms. The summed E-state index contributed by atoms with van der Waals surface area (Å²) in [6.07, 6.45) is 0.348. The van der Waals surface area contributed by atoms with Crippen LogP contribution in [0.3, 0.4) is 0 Å². The highest BCUT2D eigenvalue weighted by Gasteiger charge is 2.36. The van der Waals surface area contributed by atoms with Gasteiger partial charge in [-0.15, -0.1) is 0 Å². The van der Waals surface area contributed by atoms with E-state index in [2.05, 4.69) is 5.32 Å². The molecule has 10 heteroatoms. The van der Waals surface area contributed by atoms with Crippen molar-refractivity contribution in [1.29, 1.82) is 0 Å². The molecule has 0 fully saturated rings. The summed E-state index contributed by atoms with van der Waals surface area (Å²) in [5.41, 5.74) is 1.90. The number of aryl methyl sites for hydroxylation is 1. The van der Waals surface area contributed by atoms with Crippen molar-refractivity contribution < 1.29 is 22.9 Å². The number of nitro benzene ring substituents is 1. The first-order valence-electron chi connectivity index (χ1n) is 11.3. The molecule has 0 aliphatic carbocycles. The molecule has 3 aromatic rings. The zero-order chi connectivity index (χ0) is 26.3. The quantitative estimate of drug-likeness (QED) is 0.233. The van der Waals surface area contributed by atoms with E-state index in [1.54, 1.807) is 30.3 Å². The van der Waals surface area contributed by atoms with Crippen LogP contribution in [0.5, 0.6) is 0 Å². The Morgan fingerprint density at radius 1 is 1.03 bits per heavy atom. The van der Waals surface area contributed by atoms with Gasteiger partial charge in [0.1, 0.15) is 11.7 Å². The van der Waals surface area contributed by atoms with Crippen molar-refractivity contribution >= 4 is 27.4 Å². The van der Waals surface area contributed by atoms with Crippen LogP contribution >= 0.6 is 0 Å². The number of nitrogens with one attached hydrogen (secondary N) is 1. The fourth-order valence-corrected chi connectivity index (χ4v) is 5.48. The monoisotopic (exact) mass is 511 g/mol. The average molecular weight is 512 g/mol. The van der Waals surface area contributed by atoms with Gasteiger partial charge in [-0.25, -0.2) is 8.42 Å². The first kappa shape index (κ1) is 26.8. The predicted molar refractivity (Wildman–Crippen MR) is 137 cm³/mol. The number of nitrogens with zero attached hydrogens (tertiary/aromatic N) is 2. The first-order chi connectivity index (χ1) is 17.1. The summed E-state index contributed by atoms with van der Waals surface area (Å²) in [6, 6.07) is 20.1. The number of nitro groups is 1. The van der Waals surface area contributed by atoms with Gasteiger partial charge in [-0.1, -0.05) is 60.2 Å². The van der Waals surface area contributed by atoms with Crippen LogP contribution in [0.2, 0.25) is 0 Å². The smallest absolute Gasteiger partial charge is 0.323 e. The van der Waals surface area contributed by atoms with Crippen LogP contribution < -0.4 is 5.32 Å². The number of rotatable bonds is 11. The van der Waals surface area contributed by atoms with E-state index < -0.39 is 33.0 Å². The van der Waals surface area contributed by atoms with E-state index in [0.717, 1.165) is 15.4 Å². The number of carbonyl (C=O) groups excluding carboxylic acids is 1. The number of esters is 1. The molecule has 0 saturated heterocycles. The minimum absolute atomic E-state index is 0.0352. The van der Waals surface area contributed by atoms with Gasteiger partial charge in [-0.2, -0.15) is 4.31 Å². The summed E-state index contributed by atoms with van der Waals surface area (Å²) in [6.45, 7) is 3.16. The number of para-hydroxylation sites is 2. The molecule has 3 aromatic carbocycles. The summed E-state index contributed by atoms with van der Waals surface area (Å²) >= 11 is 0. The molecule has 0 saturated carbocycles. The zero-order valence-corrected chi connectivity index (χ0v) is 21.1. The number of hydrogen-bond donors (Lipinski definition) is 1. The standard InChI is InChI=1S/C26H29N3O6S/c1-19-13-15-23(16-14-19)36(33,34)28(20(2)26(30)35-3)18-22(17-21-9-5-4-6-10-21)27-24-11-7-8-12-25(24)29(31)32/h4-16,20,22,27H,17-18H2,1-3H3/t20-,22-/m0/s1. The van der Waals surface area contributed by atoms with Gasteiger partial charge in [0.15, 0.2) is 0 Å². The molecule has 0 spiro atoms. The molecule has 0 heterocycles. The molecule has 0 amide bonds. The highest BCUT2D eigenvalue weighted by atomic mass is 32.2. The van der Waals surface area contributed by atoms with Crippen molar-refractivity contribution in [3.63, 3.8) is 0 Å². The van der Waals surface area contributed by atoms with Crippen molar-refractivity contribution in [3.05, 3.63) is 100 Å². The SMILES string of the molecule is COC(=O)[C@H](C)N(C[C@H](Cc1ccccc1)Nc1ccccc1[N+](=O)[O-])S(=O)(=O)c1ccc(C)cc1. The zero-order valence-electron chi connectivity index (χ0n) is 20.3. The van der Waals surface area contributed by atoms with E-state index in [-0.39, 0.29) is 22.8 Å². The lowest BCUT2D eigenvalue weighted by Gasteiger charge is -2.31. The molecule has 2 atom stereocenters. The van der Waals surface area contributed by atoms with Crippen LogP contribution in [0, 0.1) is 17.0 Å². The second-order valence-electron chi connectivity index (χ2n) is 8.39. The summed E-state index contributed by atoms with van der Waals surface area (Å²) in [5.74, 6) is -0.713. The number of sulfonamides is 1. The molecular formula is C26H29N3O6S. The van der Waals surface area contributed by atoms with Crippen molar-refractivity contribution in [2.75, 3.05) is 19.0 Å². The third kappa shape index (κ3) is 6.46. The Labute approximate surface area is 210 Å². The normalized spacial score (nSPS) is 13.1. The van der Waals surface area contributed by atoms with E-state index >= 15 is 0 Å². The molecule has 0 aromatic heterocycles. The van der Waals surface area contributed by atoms with Gasteiger partial charge in [-0.05, 0) is 44.0 Å². The van der Waals surface area contributed by atoms with Gasteiger partial charge in [0, 0.05) is 18.7 Å². The van der Waals surface area contributed by atoms with Crippen LogP contribution in [0.4, 0.5) is 11.4 Å². The second kappa shape index (κ2) is 11.8. The van der Waals surface area contributed by atoms with Crippen LogP contribution in [-0.2, 0) is 26.0 Å². The van der Waals surface area contributed by atoms with E-state index in [1.165, 1.54) is 32.2 Å². The van der Waals surface area contributed by atoms with Gasteiger partial charge in [0.25, 0.3) is 5.69 Å². The van der Waals surface area contributed by atoms with Crippen LogP contribution in [0.15, 0.2) is 83.8 Å². The number of carbonyl (C=O) groups is 1. The Hall–Kier alpha value is -3.76. The van der Waals surface area contributed by atoms with E-state index in [4.69, 9.17) is 4.74 Å². The Kier molecular flexibility index (Phi) is 8.78. The molecule has 0 bridgehead atoms. The van der Waals surface area contributed by atoms with Gasteiger partial charge in [0.2, 0.25) is 10.0 Å².